The molecule has 3 N–H and O–H groups in total. The van der Waals surface area contributed by atoms with E-state index in [4.69, 9.17) is 10.5 Å². The lowest BCUT2D eigenvalue weighted by molar-refractivity contribution is -0.141. The SMILES string of the molecule is Cc1c(C(=O)NCC2C(=O)N(C)C(C)CC2C)cc(-c2ccc(CN3CCOCC3)cc2)cc1N(C)[C@H]1CC[C@H](N)CC1. The van der Waals surface area contributed by atoms with Crippen molar-refractivity contribution < 1.29 is 14.3 Å². The highest BCUT2D eigenvalue weighted by atomic mass is 16.5. The minimum absolute atomic E-state index is 0.116. The van der Waals surface area contributed by atoms with Gasteiger partial charge in [-0.25, -0.2) is 0 Å². The van der Waals surface area contributed by atoms with Gasteiger partial charge in [-0.1, -0.05) is 31.2 Å². The largest absolute Gasteiger partial charge is 0.379 e. The summed E-state index contributed by atoms with van der Waals surface area (Å²) in [6, 6.07) is 13.9. The summed E-state index contributed by atoms with van der Waals surface area (Å²) in [5, 5.41) is 3.15. The van der Waals surface area contributed by atoms with Crippen molar-refractivity contribution in [3.05, 3.63) is 53.1 Å². The van der Waals surface area contributed by atoms with Gasteiger partial charge in [-0.3, -0.25) is 14.5 Å². The van der Waals surface area contributed by atoms with E-state index >= 15 is 0 Å². The Labute approximate surface area is 257 Å². The Morgan fingerprint density at radius 2 is 1.72 bits per heavy atom. The van der Waals surface area contributed by atoms with E-state index in [9.17, 15) is 9.59 Å². The van der Waals surface area contributed by atoms with Crippen LogP contribution in [0.4, 0.5) is 5.69 Å². The fraction of sp³-hybridized carbons (Fsp3) is 0.600. The molecule has 2 aromatic carbocycles. The number of morpholine rings is 1. The number of ether oxygens (including phenoxy) is 1. The molecule has 0 bridgehead atoms. The van der Waals surface area contributed by atoms with Crippen molar-refractivity contribution in [1.82, 2.24) is 15.1 Å². The summed E-state index contributed by atoms with van der Waals surface area (Å²) in [6.07, 6.45) is 5.08. The van der Waals surface area contributed by atoms with Gasteiger partial charge in [0.15, 0.2) is 0 Å². The van der Waals surface area contributed by atoms with Crippen LogP contribution in [0.3, 0.4) is 0 Å². The quantitative estimate of drug-likeness (QED) is 0.474. The number of nitrogens with zero attached hydrogens (tertiary/aromatic N) is 3. The summed E-state index contributed by atoms with van der Waals surface area (Å²) in [6.45, 7) is 11.0. The van der Waals surface area contributed by atoms with Gasteiger partial charge >= 0.3 is 0 Å². The molecule has 0 spiro atoms. The Morgan fingerprint density at radius 3 is 2.40 bits per heavy atom. The van der Waals surface area contributed by atoms with Gasteiger partial charge in [0.2, 0.25) is 5.91 Å². The number of benzene rings is 2. The number of amides is 2. The van der Waals surface area contributed by atoms with Gasteiger partial charge in [-0.2, -0.15) is 0 Å². The number of carbonyl (C=O) groups is 2. The van der Waals surface area contributed by atoms with Crippen LogP contribution in [0.2, 0.25) is 0 Å². The van der Waals surface area contributed by atoms with E-state index in [1.807, 2.05) is 24.9 Å². The van der Waals surface area contributed by atoms with Crippen molar-refractivity contribution in [2.45, 2.75) is 77.5 Å². The number of rotatable bonds is 8. The van der Waals surface area contributed by atoms with Crippen molar-refractivity contribution in [2.24, 2.45) is 17.6 Å². The van der Waals surface area contributed by atoms with Crippen molar-refractivity contribution in [3.63, 3.8) is 0 Å². The van der Waals surface area contributed by atoms with Gasteiger partial charge < -0.3 is 25.6 Å². The van der Waals surface area contributed by atoms with Crippen LogP contribution < -0.4 is 16.0 Å². The van der Waals surface area contributed by atoms with Crippen LogP contribution >= 0.6 is 0 Å². The maximum Gasteiger partial charge on any atom is 0.251 e. The molecule has 3 fully saturated rings. The van der Waals surface area contributed by atoms with E-state index in [0.717, 1.165) is 87.3 Å². The predicted octanol–water partition coefficient (Wildman–Crippen LogP) is 4.43. The number of nitrogens with two attached hydrogens (primary N) is 1. The van der Waals surface area contributed by atoms with E-state index in [2.05, 4.69) is 66.3 Å². The summed E-state index contributed by atoms with van der Waals surface area (Å²) in [5.74, 6) is 0.0121. The fourth-order valence-electron chi connectivity index (χ4n) is 7.14. The molecule has 8 heteroatoms. The molecular weight excluding hydrogens is 538 g/mol. The molecule has 3 aliphatic rings. The third-order valence-corrected chi connectivity index (χ3v) is 10.3. The maximum absolute atomic E-state index is 13.8. The van der Waals surface area contributed by atoms with Crippen molar-refractivity contribution in [1.29, 1.82) is 0 Å². The maximum atomic E-state index is 13.8. The minimum atomic E-state index is -0.207. The van der Waals surface area contributed by atoms with E-state index in [1.165, 1.54) is 5.56 Å². The topological polar surface area (TPSA) is 91.1 Å². The smallest absolute Gasteiger partial charge is 0.251 e. The Hall–Kier alpha value is -2.94. The molecule has 8 nitrogen and oxygen atoms in total. The van der Waals surface area contributed by atoms with E-state index < -0.39 is 0 Å². The molecule has 1 saturated carbocycles. The third-order valence-electron chi connectivity index (χ3n) is 10.3. The Morgan fingerprint density at radius 1 is 1.05 bits per heavy atom. The van der Waals surface area contributed by atoms with Crippen LogP contribution in [0.5, 0.6) is 0 Å². The Kier molecular flexibility index (Phi) is 10.1. The first-order valence-electron chi connectivity index (χ1n) is 16.2. The molecule has 0 radical (unpaired) electrons. The summed E-state index contributed by atoms with van der Waals surface area (Å²) < 4.78 is 5.50. The lowest BCUT2D eigenvalue weighted by Gasteiger charge is -2.39. The Bertz CT molecular complexity index is 1270. The zero-order chi connectivity index (χ0) is 30.7. The highest BCUT2D eigenvalue weighted by Gasteiger charge is 2.36. The molecule has 3 unspecified atom stereocenters. The van der Waals surface area contributed by atoms with Gasteiger partial charge in [0.25, 0.3) is 5.91 Å². The van der Waals surface area contributed by atoms with Crippen LogP contribution in [0.25, 0.3) is 11.1 Å². The lowest BCUT2D eigenvalue weighted by Crippen LogP contribution is -2.51. The van der Waals surface area contributed by atoms with Gasteiger partial charge in [-0.15, -0.1) is 0 Å². The molecule has 2 aliphatic heterocycles. The second kappa shape index (κ2) is 13.8. The van der Waals surface area contributed by atoms with E-state index in [0.29, 0.717) is 18.2 Å². The zero-order valence-electron chi connectivity index (χ0n) is 26.8. The molecule has 5 rings (SSSR count). The van der Waals surface area contributed by atoms with Crippen LogP contribution in [0, 0.1) is 18.8 Å². The van der Waals surface area contributed by atoms with Crippen LogP contribution in [-0.2, 0) is 16.1 Å². The molecule has 234 valence electrons. The summed E-state index contributed by atoms with van der Waals surface area (Å²) in [7, 11) is 4.02. The number of likely N-dealkylation sites (tertiary alicyclic amines) is 1. The number of hydrogen-bond donors (Lipinski definition) is 2. The summed E-state index contributed by atoms with van der Waals surface area (Å²) in [4.78, 5) is 33.5. The van der Waals surface area contributed by atoms with E-state index in [-0.39, 0.29) is 35.7 Å². The normalized spacial score (nSPS) is 26.8. The molecular formula is C35H51N5O3. The molecule has 0 aromatic heterocycles. The summed E-state index contributed by atoms with van der Waals surface area (Å²) in [5.41, 5.74) is 12.3. The van der Waals surface area contributed by atoms with Crippen LogP contribution in [0.1, 0.15) is 67.4 Å². The highest BCUT2D eigenvalue weighted by Crippen LogP contribution is 2.35. The number of nitrogens with one attached hydrogen (secondary N) is 1. The molecule has 43 heavy (non-hydrogen) atoms. The average molecular weight is 590 g/mol. The standard InChI is InChI=1S/C35H51N5O3/c1-23-18-24(2)38(4)35(42)32(23)21-37-34(41)31-19-28(20-33(25(31)3)39(5)30-12-10-29(36)11-13-30)27-8-6-26(7-9-27)22-40-14-16-43-17-15-40/h6-9,19-20,23-24,29-30,32H,10-18,21-22,36H2,1-5H3,(H,37,41)/t23?,24?,29-,30-,32?. The van der Waals surface area contributed by atoms with Gasteiger partial charge in [0, 0.05) is 69.7 Å². The van der Waals surface area contributed by atoms with Gasteiger partial charge in [-0.05, 0) is 86.3 Å². The second-order valence-corrected chi connectivity index (χ2v) is 13.3. The monoisotopic (exact) mass is 589 g/mol. The average Bonchev–Trinajstić information content (AvgIpc) is 3.01. The summed E-state index contributed by atoms with van der Waals surface area (Å²) >= 11 is 0. The first kappa shape index (κ1) is 31.5. The first-order chi connectivity index (χ1) is 20.6. The predicted molar refractivity (Wildman–Crippen MR) is 173 cm³/mol. The molecule has 2 aromatic rings. The van der Waals surface area contributed by atoms with E-state index in [1.54, 1.807) is 0 Å². The molecule has 3 atom stereocenters. The zero-order valence-corrected chi connectivity index (χ0v) is 26.8. The van der Waals surface area contributed by atoms with Crippen LogP contribution in [0.15, 0.2) is 36.4 Å². The Balaban J connectivity index is 1.40. The number of piperidine rings is 1. The highest BCUT2D eigenvalue weighted by molar-refractivity contribution is 5.99. The first-order valence-corrected chi connectivity index (χ1v) is 16.2. The third kappa shape index (κ3) is 7.24. The van der Waals surface area contributed by atoms with Crippen molar-refractivity contribution >= 4 is 17.5 Å². The molecule has 1 aliphatic carbocycles. The lowest BCUT2D eigenvalue weighted by atomic mass is 9.83. The minimum Gasteiger partial charge on any atom is -0.379 e. The molecule has 2 saturated heterocycles. The molecule has 2 amide bonds. The second-order valence-electron chi connectivity index (χ2n) is 13.3. The number of hydrogen-bond acceptors (Lipinski definition) is 6. The van der Waals surface area contributed by atoms with Crippen molar-refractivity contribution in [3.8, 4) is 11.1 Å². The number of anilines is 1. The van der Waals surface area contributed by atoms with Crippen LogP contribution in [-0.4, -0.2) is 86.7 Å². The fourth-order valence-corrected chi connectivity index (χ4v) is 7.14. The van der Waals surface area contributed by atoms with Crippen molar-refractivity contribution in [2.75, 3.05) is 51.8 Å². The number of carbonyl (C=O) groups excluding carboxylic acids is 2. The molecule has 2 heterocycles. The van der Waals surface area contributed by atoms with Gasteiger partial charge in [0.1, 0.15) is 0 Å². The van der Waals surface area contributed by atoms with Gasteiger partial charge in [0.05, 0.1) is 19.1 Å².